The minimum Gasteiger partial charge on any atom is -0.340 e. The maximum atomic E-state index is 6.40. The lowest BCUT2D eigenvalue weighted by Gasteiger charge is -2.10. The Labute approximate surface area is 190 Å². The van der Waals surface area contributed by atoms with Gasteiger partial charge in [-0.05, 0) is 36.8 Å². The van der Waals surface area contributed by atoms with E-state index in [-0.39, 0.29) is 0 Å². The van der Waals surface area contributed by atoms with Crippen LogP contribution in [-0.4, -0.2) is 10.8 Å². The number of aromatic nitrogens is 1. The molecule has 0 unspecified atom stereocenters. The molecular weight excluding hydrogens is 437 g/mol. The van der Waals surface area contributed by atoms with Crippen LogP contribution >= 0.6 is 34.8 Å². The van der Waals surface area contributed by atoms with Crippen LogP contribution in [0, 0.1) is 6.92 Å². The number of hydrogen-bond donors (Lipinski definition) is 1. The van der Waals surface area contributed by atoms with Gasteiger partial charge in [0.15, 0.2) is 0 Å². The predicted octanol–water partition coefficient (Wildman–Crippen LogP) is 7.08. The second-order valence-corrected chi connectivity index (χ2v) is 8.21. The molecular formula is C24H20Cl3N3. The Morgan fingerprint density at radius 1 is 0.867 bits per heavy atom. The van der Waals surface area contributed by atoms with Crippen molar-refractivity contribution in [3.05, 3.63) is 104 Å². The van der Waals surface area contributed by atoms with E-state index in [1.165, 1.54) is 0 Å². The molecule has 0 aliphatic heterocycles. The number of hydrazone groups is 1. The van der Waals surface area contributed by atoms with Crippen LogP contribution in [0.4, 0.5) is 0 Å². The van der Waals surface area contributed by atoms with E-state index in [9.17, 15) is 0 Å². The monoisotopic (exact) mass is 455 g/mol. The Morgan fingerprint density at radius 2 is 1.53 bits per heavy atom. The van der Waals surface area contributed by atoms with Gasteiger partial charge >= 0.3 is 0 Å². The van der Waals surface area contributed by atoms with Crippen molar-refractivity contribution in [2.45, 2.75) is 20.0 Å². The molecule has 4 rings (SSSR count). The van der Waals surface area contributed by atoms with Crippen LogP contribution in [0.25, 0.3) is 10.9 Å². The van der Waals surface area contributed by atoms with Crippen molar-refractivity contribution in [1.29, 1.82) is 0 Å². The lowest BCUT2D eigenvalue weighted by molar-refractivity contribution is 0.748. The zero-order valence-corrected chi connectivity index (χ0v) is 18.6. The van der Waals surface area contributed by atoms with Gasteiger partial charge in [-0.15, -0.1) is 0 Å². The number of fused-ring (bicyclic) bond motifs is 1. The van der Waals surface area contributed by atoms with Crippen LogP contribution in [0.15, 0.2) is 71.8 Å². The highest BCUT2D eigenvalue weighted by molar-refractivity contribution is 6.36. The number of halogens is 3. The third-order valence-electron chi connectivity index (χ3n) is 5.17. The van der Waals surface area contributed by atoms with Crippen molar-refractivity contribution in [2.24, 2.45) is 5.10 Å². The molecule has 3 nitrogen and oxygen atoms in total. The van der Waals surface area contributed by atoms with E-state index in [1.807, 2.05) is 54.7 Å². The van der Waals surface area contributed by atoms with Crippen LogP contribution in [0.1, 0.15) is 22.4 Å². The van der Waals surface area contributed by atoms with E-state index < -0.39 is 0 Å². The van der Waals surface area contributed by atoms with Gasteiger partial charge in [0, 0.05) is 49.3 Å². The zero-order valence-electron chi connectivity index (χ0n) is 16.4. The number of para-hydroxylation sites is 1. The highest BCUT2D eigenvalue weighted by Crippen LogP contribution is 2.27. The van der Waals surface area contributed by atoms with E-state index in [0.717, 1.165) is 38.3 Å². The normalized spacial score (nSPS) is 11.5. The Hall–Kier alpha value is -2.46. The minimum atomic E-state index is 0.451. The van der Waals surface area contributed by atoms with Gasteiger partial charge in [0.1, 0.15) is 0 Å². The molecule has 0 aliphatic rings. The lowest BCUT2D eigenvalue weighted by atomic mass is 10.1. The van der Waals surface area contributed by atoms with E-state index in [4.69, 9.17) is 34.8 Å². The molecule has 0 bridgehead atoms. The summed E-state index contributed by atoms with van der Waals surface area (Å²) in [6.07, 6.45) is 1.85. The van der Waals surface area contributed by atoms with Gasteiger partial charge in [-0.2, -0.15) is 5.10 Å². The van der Waals surface area contributed by atoms with Gasteiger partial charge in [0.2, 0.25) is 0 Å². The quantitative estimate of drug-likeness (QED) is 0.244. The molecule has 3 aromatic carbocycles. The molecule has 0 saturated heterocycles. The fraction of sp³-hybridized carbons (Fsp3) is 0.125. The maximum absolute atomic E-state index is 6.40. The summed E-state index contributed by atoms with van der Waals surface area (Å²) in [7, 11) is 0. The van der Waals surface area contributed by atoms with Crippen molar-refractivity contribution in [3.8, 4) is 0 Å². The molecule has 0 saturated carbocycles. The maximum Gasteiger partial charge on any atom is 0.0609 e. The van der Waals surface area contributed by atoms with Crippen molar-refractivity contribution in [2.75, 3.05) is 0 Å². The summed E-state index contributed by atoms with van der Waals surface area (Å²) >= 11 is 18.9. The lowest BCUT2D eigenvalue weighted by Crippen LogP contribution is -2.07. The SMILES string of the molecule is Cc1c(/C=N\NCc2c(Cl)cccc2Cl)c2ccccc2n1Cc1ccccc1Cl. The van der Waals surface area contributed by atoms with Gasteiger partial charge < -0.3 is 9.99 Å². The third kappa shape index (κ3) is 4.20. The van der Waals surface area contributed by atoms with Gasteiger partial charge in [0.05, 0.1) is 12.8 Å². The predicted molar refractivity (Wildman–Crippen MR) is 128 cm³/mol. The fourth-order valence-electron chi connectivity index (χ4n) is 3.56. The van der Waals surface area contributed by atoms with Crippen LogP contribution in [0.2, 0.25) is 15.1 Å². The average Bonchev–Trinajstić information content (AvgIpc) is 3.00. The molecule has 1 aromatic heterocycles. The van der Waals surface area contributed by atoms with Gasteiger partial charge in [-0.1, -0.05) is 77.3 Å². The average molecular weight is 457 g/mol. The number of rotatable bonds is 6. The van der Waals surface area contributed by atoms with E-state index >= 15 is 0 Å². The number of hydrogen-bond acceptors (Lipinski definition) is 2. The minimum absolute atomic E-state index is 0.451. The molecule has 0 fully saturated rings. The molecule has 0 radical (unpaired) electrons. The van der Waals surface area contributed by atoms with E-state index in [1.54, 1.807) is 0 Å². The summed E-state index contributed by atoms with van der Waals surface area (Å²) in [5, 5.41) is 7.59. The second-order valence-electron chi connectivity index (χ2n) is 6.99. The molecule has 1 N–H and O–H groups in total. The second kappa shape index (κ2) is 9.13. The Kier molecular flexibility index (Phi) is 6.33. The first-order valence-corrected chi connectivity index (χ1v) is 10.7. The van der Waals surface area contributed by atoms with Crippen molar-refractivity contribution < 1.29 is 0 Å². The Bertz CT molecular complexity index is 1210. The summed E-state index contributed by atoms with van der Waals surface area (Å²) in [4.78, 5) is 0. The smallest absolute Gasteiger partial charge is 0.0609 e. The van der Waals surface area contributed by atoms with Crippen LogP contribution < -0.4 is 5.43 Å². The molecule has 4 aromatic rings. The van der Waals surface area contributed by atoms with Crippen molar-refractivity contribution in [3.63, 3.8) is 0 Å². The molecule has 0 spiro atoms. The summed E-state index contributed by atoms with van der Waals surface area (Å²) in [6.45, 7) is 3.25. The zero-order chi connectivity index (χ0) is 21.1. The van der Waals surface area contributed by atoms with Gasteiger partial charge in [-0.25, -0.2) is 0 Å². The molecule has 30 heavy (non-hydrogen) atoms. The Morgan fingerprint density at radius 3 is 2.30 bits per heavy atom. The van der Waals surface area contributed by atoms with Crippen LogP contribution in [-0.2, 0) is 13.1 Å². The molecule has 0 aliphatic carbocycles. The van der Waals surface area contributed by atoms with Gasteiger partial charge in [-0.3, -0.25) is 0 Å². The van der Waals surface area contributed by atoms with Gasteiger partial charge in [0.25, 0.3) is 0 Å². The van der Waals surface area contributed by atoms with E-state index in [0.29, 0.717) is 23.1 Å². The number of benzene rings is 3. The first kappa shape index (κ1) is 20.8. The summed E-state index contributed by atoms with van der Waals surface area (Å²) in [5.41, 5.74) is 8.30. The Balaban J connectivity index is 1.62. The molecule has 152 valence electrons. The first-order chi connectivity index (χ1) is 14.6. The summed E-state index contributed by atoms with van der Waals surface area (Å²) in [5.74, 6) is 0. The fourth-order valence-corrected chi connectivity index (χ4v) is 4.28. The summed E-state index contributed by atoms with van der Waals surface area (Å²) in [6, 6.07) is 21.7. The standard InChI is InChI=1S/C24H20Cl3N3/c1-16-19(13-28-29-14-20-22(26)10-6-11-23(20)27)18-8-3-5-12-24(18)30(16)15-17-7-2-4-9-21(17)25/h2-13,29H,14-15H2,1H3/b28-13-. The third-order valence-corrected chi connectivity index (χ3v) is 6.25. The molecule has 0 amide bonds. The highest BCUT2D eigenvalue weighted by Gasteiger charge is 2.13. The number of nitrogens with one attached hydrogen (secondary N) is 1. The van der Waals surface area contributed by atoms with E-state index in [2.05, 4.69) is 40.2 Å². The van der Waals surface area contributed by atoms with Crippen molar-refractivity contribution in [1.82, 2.24) is 9.99 Å². The molecule has 0 atom stereocenters. The first-order valence-electron chi connectivity index (χ1n) is 9.56. The largest absolute Gasteiger partial charge is 0.340 e. The topological polar surface area (TPSA) is 29.3 Å². The number of nitrogens with zero attached hydrogens (tertiary/aromatic N) is 2. The highest BCUT2D eigenvalue weighted by atomic mass is 35.5. The molecule has 6 heteroatoms. The van der Waals surface area contributed by atoms with Crippen LogP contribution in [0.5, 0.6) is 0 Å². The van der Waals surface area contributed by atoms with Crippen LogP contribution in [0.3, 0.4) is 0 Å². The molecule has 1 heterocycles. The summed E-state index contributed by atoms with van der Waals surface area (Å²) < 4.78 is 2.27. The van der Waals surface area contributed by atoms with Crippen molar-refractivity contribution >= 4 is 51.9 Å².